The summed E-state index contributed by atoms with van der Waals surface area (Å²) < 4.78 is 0. The summed E-state index contributed by atoms with van der Waals surface area (Å²) in [7, 11) is 0. The Morgan fingerprint density at radius 3 is 1.17 bits per heavy atom. The summed E-state index contributed by atoms with van der Waals surface area (Å²) in [4.78, 5) is 127. The maximum atomic E-state index is 13.2. The predicted molar refractivity (Wildman–Crippen MR) is 243 cm³/mol. The first-order chi connectivity index (χ1) is 30.7. The molecule has 0 saturated carbocycles. The number of unbranched alkanes of at least 4 members (excludes halogenated alkanes) is 8. The Morgan fingerprint density at radius 2 is 0.766 bits per heavy atom. The summed E-state index contributed by atoms with van der Waals surface area (Å²) in [6, 6.07) is -2.60. The highest BCUT2D eigenvalue weighted by Crippen LogP contribution is 2.15. The first-order valence-corrected chi connectivity index (χ1v) is 23.4. The molecule has 366 valence electrons. The van der Waals surface area contributed by atoms with Gasteiger partial charge in [-0.05, 0) is 44.9 Å². The number of hydrogen-bond donors (Lipinski definition) is 10. The van der Waals surface area contributed by atoms with E-state index in [0.717, 1.165) is 77.0 Å². The van der Waals surface area contributed by atoms with Crippen molar-refractivity contribution in [1.29, 1.82) is 0 Å². The molecule has 3 atom stereocenters. The number of ketones is 1. The average Bonchev–Trinajstić information content (AvgIpc) is 3.28. The van der Waals surface area contributed by atoms with Gasteiger partial charge in [-0.3, -0.25) is 47.9 Å². The van der Waals surface area contributed by atoms with Gasteiger partial charge < -0.3 is 53.6 Å². The molecule has 0 spiro atoms. The van der Waals surface area contributed by atoms with Crippen molar-refractivity contribution in [2.45, 2.75) is 162 Å². The van der Waals surface area contributed by atoms with Gasteiger partial charge in [-0.25, -0.2) is 0 Å². The van der Waals surface area contributed by atoms with Crippen molar-refractivity contribution in [2.75, 3.05) is 52.4 Å². The number of hydrogen-bond acceptors (Lipinski definition) is 11. The lowest BCUT2D eigenvalue weighted by atomic mass is 9.93. The molecule has 9 amide bonds. The SMILES string of the molecule is CCCCCNC(=O)CNC(=O)CCC(CC(=O)CCC(N)C(=O)NC(CCC(=O)NCC(=O)NCCCCC)C(=O)NCC(=O)NCCCCC)C(=O)NCC(=O)NCCCCC. The van der Waals surface area contributed by atoms with Crippen LogP contribution in [-0.2, 0) is 47.9 Å². The molecule has 0 aromatic carbocycles. The zero-order chi connectivity index (χ0) is 48.0. The molecule has 0 radical (unpaired) electrons. The standard InChI is InChI=1S/C44H80N10O10/c1-5-9-13-23-46-38(58)28-50-36(56)21-17-32(42(62)52-30-40(60)48-25-15-11-7-3)27-33(55)18-19-34(45)43(63)54-35(44(64)53-31-41(61)49-26-16-12-8-4)20-22-37(57)51-29-39(59)47-24-14-10-6-2/h32,34-35H,5-31,45H2,1-4H3,(H,46,58)(H,47,59)(H,48,60)(H,49,61)(H,50,56)(H,51,57)(H,52,62)(H,53,64)(H,54,63). The quantitative estimate of drug-likeness (QED) is 0.0377. The van der Waals surface area contributed by atoms with Crippen LogP contribution in [0.1, 0.15) is 150 Å². The van der Waals surface area contributed by atoms with Gasteiger partial charge in [-0.15, -0.1) is 0 Å². The minimum absolute atomic E-state index is 0.0725. The monoisotopic (exact) mass is 909 g/mol. The smallest absolute Gasteiger partial charge is 0.243 e. The molecule has 20 nitrogen and oxygen atoms in total. The van der Waals surface area contributed by atoms with Crippen LogP contribution in [0.15, 0.2) is 0 Å². The Hall–Kier alpha value is -5.14. The lowest BCUT2D eigenvalue weighted by Gasteiger charge is -2.21. The van der Waals surface area contributed by atoms with Crippen LogP contribution in [0.5, 0.6) is 0 Å². The van der Waals surface area contributed by atoms with Crippen LogP contribution in [0.25, 0.3) is 0 Å². The lowest BCUT2D eigenvalue weighted by molar-refractivity contribution is -0.132. The third kappa shape index (κ3) is 32.5. The number of nitrogens with two attached hydrogens (primary N) is 1. The lowest BCUT2D eigenvalue weighted by Crippen LogP contribution is -2.53. The number of carbonyl (C=O) groups is 10. The van der Waals surface area contributed by atoms with Crippen LogP contribution in [0.3, 0.4) is 0 Å². The Balaban J connectivity index is 5.54. The Kier molecular flexibility index (Phi) is 35.3. The molecule has 0 saturated heterocycles. The number of Topliss-reactive ketones (excluding diaryl/α,β-unsaturated/α-hetero) is 1. The molecule has 0 bridgehead atoms. The van der Waals surface area contributed by atoms with Gasteiger partial charge in [0.15, 0.2) is 0 Å². The third-order valence-electron chi connectivity index (χ3n) is 10.1. The second kappa shape index (κ2) is 38.3. The van der Waals surface area contributed by atoms with E-state index in [1.807, 2.05) is 27.7 Å². The fourth-order valence-corrected chi connectivity index (χ4v) is 6.08. The molecule has 20 heteroatoms. The number of nitrogens with one attached hydrogen (secondary N) is 9. The summed E-state index contributed by atoms with van der Waals surface area (Å²) in [5, 5.41) is 23.4. The first-order valence-electron chi connectivity index (χ1n) is 23.4. The van der Waals surface area contributed by atoms with Crippen molar-refractivity contribution in [2.24, 2.45) is 11.7 Å². The molecule has 0 aliphatic rings. The van der Waals surface area contributed by atoms with E-state index in [1.54, 1.807) is 0 Å². The van der Waals surface area contributed by atoms with Gasteiger partial charge in [0.25, 0.3) is 0 Å². The minimum atomic E-state index is -1.30. The second-order valence-electron chi connectivity index (χ2n) is 15.9. The summed E-state index contributed by atoms with van der Waals surface area (Å²) in [5.74, 6) is -6.29. The molecule has 0 rings (SSSR count). The van der Waals surface area contributed by atoms with Crippen LogP contribution in [0, 0.1) is 5.92 Å². The van der Waals surface area contributed by atoms with Gasteiger partial charge >= 0.3 is 0 Å². The number of amides is 9. The van der Waals surface area contributed by atoms with Gasteiger partial charge in [0.2, 0.25) is 53.2 Å². The van der Waals surface area contributed by atoms with E-state index in [0.29, 0.717) is 26.2 Å². The first kappa shape index (κ1) is 58.9. The fraction of sp³-hybridized carbons (Fsp3) is 0.773. The van der Waals surface area contributed by atoms with Crippen molar-refractivity contribution in [3.8, 4) is 0 Å². The minimum Gasteiger partial charge on any atom is -0.355 e. The Bertz CT molecular complexity index is 1450. The molecule has 0 aliphatic carbocycles. The van der Waals surface area contributed by atoms with Crippen LogP contribution >= 0.6 is 0 Å². The van der Waals surface area contributed by atoms with Crippen LogP contribution in [0.4, 0.5) is 0 Å². The van der Waals surface area contributed by atoms with E-state index < -0.39 is 65.1 Å². The molecular weight excluding hydrogens is 829 g/mol. The van der Waals surface area contributed by atoms with Crippen molar-refractivity contribution < 1.29 is 47.9 Å². The van der Waals surface area contributed by atoms with Crippen LogP contribution < -0.4 is 53.6 Å². The largest absolute Gasteiger partial charge is 0.355 e. The van der Waals surface area contributed by atoms with Gasteiger partial charge in [0, 0.05) is 57.8 Å². The van der Waals surface area contributed by atoms with Gasteiger partial charge in [-0.1, -0.05) is 79.1 Å². The second-order valence-corrected chi connectivity index (χ2v) is 15.9. The zero-order valence-electron chi connectivity index (χ0n) is 39.0. The summed E-state index contributed by atoms with van der Waals surface area (Å²) in [5.41, 5.74) is 6.15. The van der Waals surface area contributed by atoms with Crippen LogP contribution in [0.2, 0.25) is 0 Å². The molecule has 3 unspecified atom stereocenters. The molecule has 11 N–H and O–H groups in total. The van der Waals surface area contributed by atoms with Gasteiger partial charge in [-0.2, -0.15) is 0 Å². The summed E-state index contributed by atoms with van der Waals surface area (Å²) in [6.07, 6.45) is 9.36. The maximum absolute atomic E-state index is 13.2. The molecular formula is C44H80N10O10. The van der Waals surface area contributed by atoms with Crippen molar-refractivity contribution in [3.05, 3.63) is 0 Å². The molecule has 0 heterocycles. The van der Waals surface area contributed by atoms with Crippen molar-refractivity contribution >= 4 is 58.9 Å². The van der Waals surface area contributed by atoms with Gasteiger partial charge in [0.1, 0.15) is 11.8 Å². The zero-order valence-corrected chi connectivity index (χ0v) is 39.0. The number of rotatable bonds is 39. The van der Waals surface area contributed by atoms with E-state index in [9.17, 15) is 47.9 Å². The average molecular weight is 909 g/mol. The third-order valence-corrected chi connectivity index (χ3v) is 10.1. The van der Waals surface area contributed by atoms with E-state index in [1.165, 1.54) is 0 Å². The highest BCUT2D eigenvalue weighted by Gasteiger charge is 2.27. The maximum Gasteiger partial charge on any atom is 0.243 e. The van der Waals surface area contributed by atoms with Crippen molar-refractivity contribution in [3.63, 3.8) is 0 Å². The molecule has 0 fully saturated rings. The molecule has 0 aromatic heterocycles. The highest BCUT2D eigenvalue weighted by molar-refractivity contribution is 5.93. The molecule has 64 heavy (non-hydrogen) atoms. The fourth-order valence-electron chi connectivity index (χ4n) is 6.08. The predicted octanol–water partition coefficient (Wildman–Crippen LogP) is 0.405. The Morgan fingerprint density at radius 1 is 0.391 bits per heavy atom. The molecule has 0 aliphatic heterocycles. The van der Waals surface area contributed by atoms with E-state index in [4.69, 9.17) is 5.73 Å². The van der Waals surface area contributed by atoms with Crippen molar-refractivity contribution in [1.82, 2.24) is 47.9 Å². The number of carbonyl (C=O) groups excluding carboxylic acids is 10. The highest BCUT2D eigenvalue weighted by atomic mass is 16.2. The Labute approximate surface area is 379 Å². The van der Waals surface area contributed by atoms with E-state index in [2.05, 4.69) is 47.9 Å². The molecule has 0 aromatic rings. The summed E-state index contributed by atoms with van der Waals surface area (Å²) in [6.45, 7) is 8.73. The van der Waals surface area contributed by atoms with Crippen LogP contribution in [-0.4, -0.2) is 123 Å². The topological polar surface area (TPSA) is 305 Å². The van der Waals surface area contributed by atoms with E-state index >= 15 is 0 Å². The summed E-state index contributed by atoms with van der Waals surface area (Å²) >= 11 is 0. The van der Waals surface area contributed by atoms with E-state index in [-0.39, 0.29) is 82.9 Å². The van der Waals surface area contributed by atoms with Gasteiger partial charge in [0.05, 0.1) is 32.2 Å². The normalized spacial score (nSPS) is 12.1.